The van der Waals surface area contributed by atoms with Gasteiger partial charge < -0.3 is 10.2 Å². The van der Waals surface area contributed by atoms with E-state index in [9.17, 15) is 4.79 Å². The summed E-state index contributed by atoms with van der Waals surface area (Å²) in [6.07, 6.45) is 5.74. The van der Waals surface area contributed by atoms with Crippen molar-refractivity contribution >= 4 is 5.91 Å². The normalized spacial score (nSPS) is 38.8. The van der Waals surface area contributed by atoms with E-state index in [1.807, 2.05) is 0 Å². The van der Waals surface area contributed by atoms with Crippen LogP contribution < -0.4 is 5.32 Å². The van der Waals surface area contributed by atoms with Gasteiger partial charge in [-0.3, -0.25) is 9.69 Å². The summed E-state index contributed by atoms with van der Waals surface area (Å²) in [6, 6.07) is 1.00. The summed E-state index contributed by atoms with van der Waals surface area (Å²) in [5.74, 6) is 0.422. The van der Waals surface area contributed by atoms with Crippen molar-refractivity contribution in [1.82, 2.24) is 15.1 Å². The molecule has 0 aliphatic carbocycles. The molecule has 4 heteroatoms. The molecule has 3 heterocycles. The smallest absolute Gasteiger partial charge is 0.230 e. The number of nitrogens with one attached hydrogen (secondary N) is 1. The van der Waals surface area contributed by atoms with Crippen molar-refractivity contribution in [2.75, 3.05) is 32.7 Å². The first-order valence-corrected chi connectivity index (χ1v) is 8.42. The molecule has 3 atom stereocenters. The van der Waals surface area contributed by atoms with Crippen LogP contribution in [0, 0.1) is 5.41 Å². The summed E-state index contributed by atoms with van der Waals surface area (Å²) in [6.45, 7) is 9.62. The molecule has 0 saturated carbocycles. The molecule has 114 valence electrons. The Labute approximate surface area is 122 Å². The van der Waals surface area contributed by atoms with E-state index in [0.717, 1.165) is 45.4 Å². The van der Waals surface area contributed by atoms with Gasteiger partial charge in [0.05, 0.1) is 5.41 Å². The van der Waals surface area contributed by atoms with E-state index in [0.29, 0.717) is 18.0 Å². The van der Waals surface area contributed by atoms with Crippen molar-refractivity contribution in [3.05, 3.63) is 0 Å². The number of rotatable bonds is 2. The molecule has 3 aliphatic heterocycles. The average Bonchev–Trinajstić information content (AvgIpc) is 2.93. The standard InChI is InChI=1S/C16H29N3O/c1-3-16(7-5-8-17-12-16)15(20)19-11-14-6-4-9-18(14)10-13(19)2/h13-14,17H,3-12H2,1-2H3. The van der Waals surface area contributed by atoms with Gasteiger partial charge in [0.25, 0.3) is 0 Å². The Kier molecular flexibility index (Phi) is 4.04. The van der Waals surface area contributed by atoms with E-state index >= 15 is 0 Å². The summed E-state index contributed by atoms with van der Waals surface area (Å²) in [5.41, 5.74) is -0.132. The molecule has 0 spiro atoms. The molecule has 1 N–H and O–H groups in total. The molecule has 0 aromatic heterocycles. The summed E-state index contributed by atoms with van der Waals surface area (Å²) < 4.78 is 0. The van der Waals surface area contributed by atoms with Gasteiger partial charge in [-0.2, -0.15) is 0 Å². The Morgan fingerprint density at radius 2 is 2.20 bits per heavy atom. The monoisotopic (exact) mass is 279 g/mol. The summed E-state index contributed by atoms with van der Waals surface area (Å²) in [7, 11) is 0. The Hall–Kier alpha value is -0.610. The van der Waals surface area contributed by atoms with Gasteiger partial charge in [0.2, 0.25) is 5.91 Å². The molecule has 3 unspecified atom stereocenters. The van der Waals surface area contributed by atoms with Crippen molar-refractivity contribution < 1.29 is 4.79 Å². The zero-order chi connectivity index (χ0) is 14.2. The van der Waals surface area contributed by atoms with Gasteiger partial charge in [0, 0.05) is 31.7 Å². The van der Waals surface area contributed by atoms with Crippen LogP contribution in [0.3, 0.4) is 0 Å². The molecule has 20 heavy (non-hydrogen) atoms. The van der Waals surface area contributed by atoms with E-state index < -0.39 is 0 Å². The largest absolute Gasteiger partial charge is 0.337 e. The quantitative estimate of drug-likeness (QED) is 0.831. The highest BCUT2D eigenvalue weighted by Crippen LogP contribution is 2.35. The number of nitrogens with zero attached hydrogens (tertiary/aromatic N) is 2. The third-order valence-electron chi connectivity index (χ3n) is 5.80. The van der Waals surface area contributed by atoms with E-state index in [-0.39, 0.29) is 5.41 Å². The second-order valence-electron chi connectivity index (χ2n) is 7.01. The molecule has 0 bridgehead atoms. The number of hydrogen-bond donors (Lipinski definition) is 1. The van der Waals surface area contributed by atoms with Gasteiger partial charge in [-0.1, -0.05) is 6.92 Å². The molecular weight excluding hydrogens is 250 g/mol. The fraction of sp³-hybridized carbons (Fsp3) is 0.938. The highest BCUT2D eigenvalue weighted by molar-refractivity contribution is 5.83. The topological polar surface area (TPSA) is 35.6 Å². The van der Waals surface area contributed by atoms with Gasteiger partial charge in [-0.25, -0.2) is 0 Å². The molecule has 0 radical (unpaired) electrons. The summed E-state index contributed by atoms with van der Waals surface area (Å²) >= 11 is 0. The van der Waals surface area contributed by atoms with Crippen molar-refractivity contribution in [2.45, 2.75) is 58.0 Å². The molecule has 0 aromatic carbocycles. The SMILES string of the molecule is CCC1(C(=O)N2CC3CCCN3CC2C)CCCNC1. The molecule has 1 amide bonds. The lowest BCUT2D eigenvalue weighted by atomic mass is 9.76. The second kappa shape index (κ2) is 5.64. The average molecular weight is 279 g/mol. The van der Waals surface area contributed by atoms with Crippen molar-refractivity contribution in [3.63, 3.8) is 0 Å². The minimum atomic E-state index is -0.132. The van der Waals surface area contributed by atoms with Crippen molar-refractivity contribution in [1.29, 1.82) is 0 Å². The Morgan fingerprint density at radius 3 is 2.90 bits per heavy atom. The number of hydrogen-bond acceptors (Lipinski definition) is 3. The Morgan fingerprint density at radius 1 is 1.35 bits per heavy atom. The number of piperazine rings is 1. The molecule has 3 saturated heterocycles. The first-order valence-electron chi connectivity index (χ1n) is 8.42. The maximum absolute atomic E-state index is 13.2. The van der Waals surface area contributed by atoms with Crippen LogP contribution >= 0.6 is 0 Å². The van der Waals surface area contributed by atoms with Crippen molar-refractivity contribution in [2.24, 2.45) is 5.41 Å². The fourth-order valence-corrected chi connectivity index (χ4v) is 4.38. The summed E-state index contributed by atoms with van der Waals surface area (Å²) in [4.78, 5) is 18.0. The first-order chi connectivity index (χ1) is 9.66. The third kappa shape index (κ3) is 2.37. The molecule has 3 fully saturated rings. The van der Waals surface area contributed by atoms with Crippen LogP contribution in [0.4, 0.5) is 0 Å². The lowest BCUT2D eigenvalue weighted by molar-refractivity contribution is -0.149. The zero-order valence-electron chi connectivity index (χ0n) is 13.0. The van der Waals surface area contributed by atoms with Crippen LogP contribution in [-0.2, 0) is 4.79 Å². The highest BCUT2D eigenvalue weighted by atomic mass is 16.2. The number of fused-ring (bicyclic) bond motifs is 1. The van der Waals surface area contributed by atoms with Gasteiger partial charge >= 0.3 is 0 Å². The predicted molar refractivity (Wildman–Crippen MR) is 80.6 cm³/mol. The van der Waals surface area contributed by atoms with Crippen LogP contribution in [0.25, 0.3) is 0 Å². The number of amides is 1. The van der Waals surface area contributed by atoms with Crippen LogP contribution in [0.15, 0.2) is 0 Å². The maximum Gasteiger partial charge on any atom is 0.230 e. The maximum atomic E-state index is 13.2. The van der Waals surface area contributed by atoms with Gasteiger partial charge in [-0.15, -0.1) is 0 Å². The summed E-state index contributed by atoms with van der Waals surface area (Å²) in [5, 5.41) is 3.45. The third-order valence-corrected chi connectivity index (χ3v) is 5.80. The first kappa shape index (κ1) is 14.3. The predicted octanol–water partition coefficient (Wildman–Crippen LogP) is 1.46. The van der Waals surface area contributed by atoms with Crippen LogP contribution in [0.5, 0.6) is 0 Å². The Balaban J connectivity index is 1.74. The number of piperidine rings is 1. The molecule has 0 aromatic rings. The van der Waals surface area contributed by atoms with Crippen LogP contribution in [0.1, 0.15) is 46.0 Å². The van der Waals surface area contributed by atoms with E-state index in [4.69, 9.17) is 0 Å². The van der Waals surface area contributed by atoms with Gasteiger partial charge in [-0.05, 0) is 52.1 Å². The minimum Gasteiger partial charge on any atom is -0.337 e. The number of carbonyl (C=O) groups is 1. The highest BCUT2D eigenvalue weighted by Gasteiger charge is 2.45. The molecular formula is C16H29N3O. The lowest BCUT2D eigenvalue weighted by Crippen LogP contribution is -2.61. The van der Waals surface area contributed by atoms with E-state index in [2.05, 4.69) is 29.0 Å². The van der Waals surface area contributed by atoms with Gasteiger partial charge in [0.15, 0.2) is 0 Å². The Bertz CT molecular complexity index is 365. The minimum absolute atomic E-state index is 0.132. The van der Waals surface area contributed by atoms with E-state index in [1.165, 1.54) is 19.4 Å². The molecule has 3 rings (SSSR count). The van der Waals surface area contributed by atoms with Crippen LogP contribution in [0.2, 0.25) is 0 Å². The second-order valence-corrected chi connectivity index (χ2v) is 7.01. The van der Waals surface area contributed by atoms with Gasteiger partial charge in [0.1, 0.15) is 0 Å². The molecule has 4 nitrogen and oxygen atoms in total. The van der Waals surface area contributed by atoms with Crippen LogP contribution in [-0.4, -0.2) is 60.5 Å². The molecule has 3 aliphatic rings. The lowest BCUT2D eigenvalue weighted by Gasteiger charge is -2.47. The fourth-order valence-electron chi connectivity index (χ4n) is 4.38. The number of carbonyl (C=O) groups excluding carboxylic acids is 1. The van der Waals surface area contributed by atoms with Crippen molar-refractivity contribution in [3.8, 4) is 0 Å². The zero-order valence-corrected chi connectivity index (χ0v) is 13.0. The van der Waals surface area contributed by atoms with E-state index in [1.54, 1.807) is 0 Å².